The van der Waals surface area contributed by atoms with Gasteiger partial charge in [0.25, 0.3) is 5.91 Å². The number of benzene rings is 1. The maximum absolute atomic E-state index is 12.1. The summed E-state index contributed by atoms with van der Waals surface area (Å²) >= 11 is 0. The average Bonchev–Trinajstić information content (AvgIpc) is 2.86. The Morgan fingerprint density at radius 1 is 1.35 bits per heavy atom. The molecule has 0 unspecified atom stereocenters. The molecule has 2 aromatic rings. The zero-order chi connectivity index (χ0) is 14.5. The summed E-state index contributed by atoms with van der Waals surface area (Å²) in [5.41, 5.74) is 3.26. The fourth-order valence-corrected chi connectivity index (χ4v) is 2.02. The maximum Gasteiger partial charge on any atom is 0.269 e. The number of hydrogen-bond acceptors (Lipinski definition) is 3. The first-order valence-corrected chi connectivity index (χ1v) is 6.63. The molecule has 0 saturated heterocycles. The normalized spacial score (nSPS) is 10.6. The van der Waals surface area contributed by atoms with Crippen molar-refractivity contribution >= 4 is 5.91 Å². The Balaban J connectivity index is 2.02. The molecule has 2 rings (SSSR count). The molecule has 5 nitrogen and oxygen atoms in total. The Bertz CT molecular complexity index is 605. The van der Waals surface area contributed by atoms with Gasteiger partial charge in [0.1, 0.15) is 5.69 Å². The van der Waals surface area contributed by atoms with Gasteiger partial charge < -0.3 is 10.4 Å². The topological polar surface area (TPSA) is 67.2 Å². The van der Waals surface area contributed by atoms with Crippen molar-refractivity contribution < 1.29 is 9.90 Å². The highest BCUT2D eigenvalue weighted by Gasteiger charge is 2.12. The largest absolute Gasteiger partial charge is 0.392 e. The summed E-state index contributed by atoms with van der Waals surface area (Å²) < 4.78 is 1.60. The van der Waals surface area contributed by atoms with Gasteiger partial charge in [-0.05, 0) is 23.6 Å². The second-order valence-electron chi connectivity index (χ2n) is 4.66. The van der Waals surface area contributed by atoms with Gasteiger partial charge in [0.2, 0.25) is 0 Å². The van der Waals surface area contributed by atoms with E-state index in [1.165, 1.54) is 0 Å². The van der Waals surface area contributed by atoms with Gasteiger partial charge in [0.15, 0.2) is 0 Å². The molecule has 1 aromatic heterocycles. The van der Waals surface area contributed by atoms with E-state index in [4.69, 9.17) is 5.11 Å². The predicted octanol–water partition coefficient (Wildman–Crippen LogP) is 1.40. The molecule has 1 heterocycles. The summed E-state index contributed by atoms with van der Waals surface area (Å²) in [7, 11) is 1.76. The number of carbonyl (C=O) groups excluding carboxylic acids is 1. The van der Waals surface area contributed by atoms with Gasteiger partial charge in [-0.3, -0.25) is 9.48 Å². The lowest BCUT2D eigenvalue weighted by atomic mass is 10.1. The first kappa shape index (κ1) is 14.3. The Morgan fingerprint density at radius 3 is 2.75 bits per heavy atom. The number of nitrogens with zero attached hydrogens (tertiary/aromatic N) is 2. The van der Waals surface area contributed by atoms with Crippen LogP contribution in [0.4, 0.5) is 0 Å². The third kappa shape index (κ3) is 3.24. The number of aromatic nitrogens is 2. The van der Waals surface area contributed by atoms with Crippen molar-refractivity contribution in [3.8, 4) is 0 Å². The smallest absolute Gasteiger partial charge is 0.269 e. The Labute approximate surface area is 118 Å². The van der Waals surface area contributed by atoms with E-state index >= 15 is 0 Å². The number of aryl methyl sites for hydroxylation is 2. The van der Waals surface area contributed by atoms with Crippen molar-refractivity contribution in [2.75, 3.05) is 0 Å². The lowest BCUT2D eigenvalue weighted by Crippen LogP contribution is -2.25. The Morgan fingerprint density at radius 2 is 2.10 bits per heavy atom. The van der Waals surface area contributed by atoms with E-state index in [0.29, 0.717) is 12.2 Å². The molecule has 5 heteroatoms. The van der Waals surface area contributed by atoms with Gasteiger partial charge in [0.05, 0.1) is 12.3 Å². The SMILES string of the molecule is CCc1cc(C(=O)NCc2cccc(CO)c2)n(C)n1. The Hall–Kier alpha value is -2.14. The zero-order valence-electron chi connectivity index (χ0n) is 11.8. The molecule has 0 aliphatic rings. The lowest BCUT2D eigenvalue weighted by molar-refractivity contribution is 0.0941. The zero-order valence-corrected chi connectivity index (χ0v) is 11.8. The van der Waals surface area contributed by atoms with Crippen LogP contribution in [0.3, 0.4) is 0 Å². The van der Waals surface area contributed by atoms with Crippen LogP contribution in [-0.2, 0) is 26.6 Å². The quantitative estimate of drug-likeness (QED) is 0.865. The summed E-state index contributed by atoms with van der Waals surface area (Å²) in [6.07, 6.45) is 0.805. The first-order chi connectivity index (χ1) is 9.63. The van der Waals surface area contributed by atoms with Crippen molar-refractivity contribution in [2.45, 2.75) is 26.5 Å². The molecule has 0 spiro atoms. The number of rotatable bonds is 5. The van der Waals surface area contributed by atoms with E-state index in [2.05, 4.69) is 10.4 Å². The molecule has 0 atom stereocenters. The van der Waals surface area contributed by atoms with E-state index < -0.39 is 0 Å². The monoisotopic (exact) mass is 273 g/mol. The molecular formula is C15H19N3O2. The fraction of sp³-hybridized carbons (Fsp3) is 0.333. The Kier molecular flexibility index (Phi) is 4.53. The number of amides is 1. The van der Waals surface area contributed by atoms with Crippen molar-refractivity contribution in [3.63, 3.8) is 0 Å². The summed E-state index contributed by atoms with van der Waals surface area (Å²) in [6, 6.07) is 9.31. The lowest BCUT2D eigenvalue weighted by Gasteiger charge is -2.06. The van der Waals surface area contributed by atoms with Crippen LogP contribution in [0.1, 0.15) is 34.2 Å². The average molecular weight is 273 g/mol. The van der Waals surface area contributed by atoms with Gasteiger partial charge in [0, 0.05) is 13.6 Å². The van der Waals surface area contributed by atoms with E-state index in [1.807, 2.05) is 31.2 Å². The number of hydrogen-bond donors (Lipinski definition) is 2. The summed E-state index contributed by atoms with van der Waals surface area (Å²) in [4.78, 5) is 12.1. The number of aliphatic hydroxyl groups excluding tert-OH is 1. The number of nitrogens with one attached hydrogen (secondary N) is 1. The van der Waals surface area contributed by atoms with E-state index in [0.717, 1.165) is 23.2 Å². The van der Waals surface area contributed by atoms with Crippen LogP contribution in [0.15, 0.2) is 30.3 Å². The van der Waals surface area contributed by atoms with Crippen LogP contribution < -0.4 is 5.32 Å². The molecule has 2 N–H and O–H groups in total. The van der Waals surface area contributed by atoms with Crippen LogP contribution in [-0.4, -0.2) is 20.8 Å². The molecule has 0 aliphatic heterocycles. The summed E-state index contributed by atoms with van der Waals surface area (Å²) in [5, 5.41) is 16.2. The molecule has 0 radical (unpaired) electrons. The standard InChI is InChI=1S/C15H19N3O2/c1-3-13-8-14(18(2)17-13)15(20)16-9-11-5-4-6-12(7-11)10-19/h4-8,19H,3,9-10H2,1-2H3,(H,16,20). The third-order valence-corrected chi connectivity index (χ3v) is 3.15. The van der Waals surface area contributed by atoms with Crippen molar-refractivity contribution in [1.29, 1.82) is 0 Å². The van der Waals surface area contributed by atoms with Gasteiger partial charge in [-0.2, -0.15) is 5.10 Å². The molecule has 0 fully saturated rings. The highest BCUT2D eigenvalue weighted by Crippen LogP contribution is 2.07. The van der Waals surface area contributed by atoms with Gasteiger partial charge in [-0.25, -0.2) is 0 Å². The molecule has 0 bridgehead atoms. The van der Waals surface area contributed by atoms with Gasteiger partial charge in [-0.1, -0.05) is 31.2 Å². The minimum atomic E-state index is -0.144. The number of aliphatic hydroxyl groups is 1. The third-order valence-electron chi connectivity index (χ3n) is 3.15. The van der Waals surface area contributed by atoms with Crippen LogP contribution in [0.25, 0.3) is 0 Å². The second-order valence-corrected chi connectivity index (χ2v) is 4.66. The van der Waals surface area contributed by atoms with Crippen molar-refractivity contribution in [2.24, 2.45) is 7.05 Å². The van der Waals surface area contributed by atoms with Crippen LogP contribution in [0.5, 0.6) is 0 Å². The fourth-order valence-electron chi connectivity index (χ4n) is 2.02. The van der Waals surface area contributed by atoms with Gasteiger partial charge >= 0.3 is 0 Å². The van der Waals surface area contributed by atoms with E-state index in [1.54, 1.807) is 17.8 Å². The molecule has 0 aliphatic carbocycles. The summed E-state index contributed by atoms with van der Waals surface area (Å²) in [5.74, 6) is -0.144. The number of carbonyl (C=O) groups is 1. The molecular weight excluding hydrogens is 254 g/mol. The van der Waals surface area contributed by atoms with E-state index in [9.17, 15) is 4.79 Å². The highest BCUT2D eigenvalue weighted by molar-refractivity contribution is 5.92. The molecule has 1 amide bonds. The minimum absolute atomic E-state index is 0.00335. The first-order valence-electron chi connectivity index (χ1n) is 6.63. The summed E-state index contributed by atoms with van der Waals surface area (Å²) in [6.45, 7) is 2.44. The van der Waals surface area contributed by atoms with Gasteiger partial charge in [-0.15, -0.1) is 0 Å². The van der Waals surface area contributed by atoms with Crippen LogP contribution in [0.2, 0.25) is 0 Å². The molecule has 0 saturated carbocycles. The molecule has 20 heavy (non-hydrogen) atoms. The molecule has 106 valence electrons. The second kappa shape index (κ2) is 6.34. The van der Waals surface area contributed by atoms with Crippen molar-refractivity contribution in [3.05, 3.63) is 52.8 Å². The molecule has 1 aromatic carbocycles. The predicted molar refractivity (Wildman–Crippen MR) is 76.1 cm³/mol. The maximum atomic E-state index is 12.1. The highest BCUT2D eigenvalue weighted by atomic mass is 16.3. The van der Waals surface area contributed by atoms with Crippen molar-refractivity contribution in [1.82, 2.24) is 15.1 Å². The van der Waals surface area contributed by atoms with Crippen LogP contribution in [0, 0.1) is 0 Å². The van der Waals surface area contributed by atoms with E-state index in [-0.39, 0.29) is 12.5 Å². The van der Waals surface area contributed by atoms with Crippen LogP contribution >= 0.6 is 0 Å². The minimum Gasteiger partial charge on any atom is -0.392 e.